The summed E-state index contributed by atoms with van der Waals surface area (Å²) in [7, 11) is 0. The lowest BCUT2D eigenvalue weighted by Crippen LogP contribution is -2.50. The van der Waals surface area contributed by atoms with Crippen molar-refractivity contribution in [2.45, 2.75) is 52.7 Å². The van der Waals surface area contributed by atoms with Gasteiger partial charge in [-0.2, -0.15) is 0 Å². The van der Waals surface area contributed by atoms with Crippen LogP contribution in [0.2, 0.25) is 0 Å². The van der Waals surface area contributed by atoms with Crippen LogP contribution >= 0.6 is 24.0 Å². The maximum atomic E-state index is 5.48. The van der Waals surface area contributed by atoms with Gasteiger partial charge in [-0.1, -0.05) is 0 Å². The number of nitrogens with zero attached hydrogens (tertiary/aromatic N) is 2. The molecule has 0 aromatic carbocycles. The van der Waals surface area contributed by atoms with Crippen LogP contribution in [0.15, 0.2) is 4.99 Å². The van der Waals surface area contributed by atoms with Gasteiger partial charge in [0, 0.05) is 31.2 Å². The molecule has 2 atom stereocenters. The van der Waals surface area contributed by atoms with E-state index in [1.165, 1.54) is 0 Å². The molecule has 6 heteroatoms. The number of morpholine rings is 1. The van der Waals surface area contributed by atoms with Gasteiger partial charge in [0.15, 0.2) is 5.96 Å². The van der Waals surface area contributed by atoms with E-state index < -0.39 is 0 Å². The zero-order valence-electron chi connectivity index (χ0n) is 13.5. The van der Waals surface area contributed by atoms with Gasteiger partial charge in [0.05, 0.1) is 19.8 Å². The molecule has 0 aliphatic carbocycles. The molecule has 0 amide bonds. The number of nitrogens with one attached hydrogen (secondary N) is 2. The fourth-order valence-electron chi connectivity index (χ4n) is 2.32. The summed E-state index contributed by atoms with van der Waals surface area (Å²) in [5.41, 5.74) is 0. The van der Waals surface area contributed by atoms with Crippen LogP contribution in [-0.2, 0) is 4.74 Å². The Labute approximate surface area is 140 Å². The molecule has 0 spiro atoms. The highest BCUT2D eigenvalue weighted by atomic mass is 127. The summed E-state index contributed by atoms with van der Waals surface area (Å²) in [6.45, 7) is 15.2. The Bertz CT molecular complexity index is 286. The quantitative estimate of drug-likeness (QED) is 0.420. The van der Waals surface area contributed by atoms with Crippen molar-refractivity contribution in [1.29, 1.82) is 0 Å². The Balaban J connectivity index is 0.00000361. The van der Waals surface area contributed by atoms with Crippen LogP contribution in [0.5, 0.6) is 0 Å². The molecular formula is C14H31IN4O. The van der Waals surface area contributed by atoms with Gasteiger partial charge in [-0.15, -0.1) is 24.0 Å². The Hall–Kier alpha value is -0.0800. The van der Waals surface area contributed by atoms with E-state index in [0.29, 0.717) is 18.1 Å². The number of hydrogen-bond donors (Lipinski definition) is 2. The lowest BCUT2D eigenvalue weighted by Gasteiger charge is -2.37. The smallest absolute Gasteiger partial charge is 0.191 e. The third-order valence-electron chi connectivity index (χ3n) is 3.27. The predicted molar refractivity (Wildman–Crippen MR) is 96.1 cm³/mol. The minimum atomic E-state index is 0. The van der Waals surface area contributed by atoms with Crippen LogP contribution in [0.25, 0.3) is 0 Å². The molecule has 1 rings (SSSR count). The molecule has 1 aliphatic heterocycles. The molecule has 20 heavy (non-hydrogen) atoms. The number of guanidine groups is 1. The molecule has 0 saturated carbocycles. The fraction of sp³-hybridized carbons (Fsp3) is 0.929. The van der Waals surface area contributed by atoms with Gasteiger partial charge in [-0.3, -0.25) is 9.89 Å². The third-order valence-corrected chi connectivity index (χ3v) is 3.27. The number of hydrogen-bond acceptors (Lipinski definition) is 3. The average molecular weight is 398 g/mol. The molecule has 0 aromatic rings. The molecule has 1 fully saturated rings. The Morgan fingerprint density at radius 1 is 1.40 bits per heavy atom. The second-order valence-electron chi connectivity index (χ2n) is 5.53. The van der Waals surface area contributed by atoms with Crippen molar-refractivity contribution < 1.29 is 4.74 Å². The molecule has 1 saturated heterocycles. The van der Waals surface area contributed by atoms with E-state index in [2.05, 4.69) is 55.1 Å². The van der Waals surface area contributed by atoms with Crippen molar-refractivity contribution >= 4 is 29.9 Å². The van der Waals surface area contributed by atoms with Gasteiger partial charge in [0.2, 0.25) is 0 Å². The van der Waals surface area contributed by atoms with E-state index in [0.717, 1.165) is 38.8 Å². The first-order chi connectivity index (χ1) is 9.04. The summed E-state index contributed by atoms with van der Waals surface area (Å²) in [5, 5.41) is 6.63. The van der Waals surface area contributed by atoms with E-state index in [1.807, 2.05) is 0 Å². The second kappa shape index (κ2) is 10.6. The molecule has 1 aliphatic rings. The molecule has 0 aromatic heterocycles. The zero-order chi connectivity index (χ0) is 14.3. The van der Waals surface area contributed by atoms with Gasteiger partial charge in [0.1, 0.15) is 0 Å². The average Bonchev–Trinajstić information content (AvgIpc) is 2.36. The Morgan fingerprint density at radius 3 is 2.65 bits per heavy atom. The normalized spacial score (nSPS) is 22.3. The van der Waals surface area contributed by atoms with E-state index in [4.69, 9.17) is 4.74 Å². The van der Waals surface area contributed by atoms with E-state index in [-0.39, 0.29) is 24.0 Å². The van der Waals surface area contributed by atoms with Gasteiger partial charge in [-0.05, 0) is 34.6 Å². The maximum absolute atomic E-state index is 5.48. The van der Waals surface area contributed by atoms with Crippen LogP contribution in [0.3, 0.4) is 0 Å². The summed E-state index contributed by atoms with van der Waals surface area (Å²) in [4.78, 5) is 7.15. The number of aliphatic imine (C=N–C) groups is 1. The second-order valence-corrected chi connectivity index (χ2v) is 5.53. The van der Waals surface area contributed by atoms with Crippen molar-refractivity contribution in [2.75, 3.05) is 32.8 Å². The zero-order valence-corrected chi connectivity index (χ0v) is 15.8. The van der Waals surface area contributed by atoms with Crippen molar-refractivity contribution in [3.05, 3.63) is 0 Å². The molecule has 0 radical (unpaired) electrons. The molecule has 120 valence electrons. The van der Waals surface area contributed by atoms with Gasteiger partial charge < -0.3 is 15.4 Å². The molecular weight excluding hydrogens is 367 g/mol. The first-order valence-corrected chi connectivity index (χ1v) is 7.43. The topological polar surface area (TPSA) is 48.9 Å². The van der Waals surface area contributed by atoms with E-state index in [1.54, 1.807) is 0 Å². The van der Waals surface area contributed by atoms with E-state index in [9.17, 15) is 0 Å². The summed E-state index contributed by atoms with van der Waals surface area (Å²) >= 11 is 0. The van der Waals surface area contributed by atoms with Crippen LogP contribution in [0.1, 0.15) is 34.6 Å². The third kappa shape index (κ3) is 7.08. The summed E-state index contributed by atoms with van der Waals surface area (Å²) in [5.74, 6) is 0.908. The van der Waals surface area contributed by atoms with Crippen molar-refractivity contribution in [1.82, 2.24) is 15.5 Å². The lowest BCUT2D eigenvalue weighted by atomic mass is 10.2. The first-order valence-electron chi connectivity index (χ1n) is 7.43. The molecule has 1 heterocycles. The van der Waals surface area contributed by atoms with Crippen LogP contribution in [0, 0.1) is 0 Å². The van der Waals surface area contributed by atoms with Crippen molar-refractivity contribution in [3.63, 3.8) is 0 Å². The van der Waals surface area contributed by atoms with Crippen molar-refractivity contribution in [2.24, 2.45) is 4.99 Å². The van der Waals surface area contributed by atoms with Gasteiger partial charge in [-0.25, -0.2) is 0 Å². The van der Waals surface area contributed by atoms with Crippen LogP contribution < -0.4 is 10.6 Å². The first kappa shape index (κ1) is 19.9. The van der Waals surface area contributed by atoms with Crippen LogP contribution in [-0.4, -0.2) is 61.8 Å². The maximum Gasteiger partial charge on any atom is 0.191 e. The fourth-order valence-corrected chi connectivity index (χ4v) is 2.32. The van der Waals surface area contributed by atoms with Crippen molar-refractivity contribution in [3.8, 4) is 0 Å². The Kier molecular flexibility index (Phi) is 10.6. The molecule has 2 N–H and O–H groups in total. The SMILES string of the molecule is CCNC(=NCC(C)N1CCOCC1C)NC(C)C.I. The van der Waals surface area contributed by atoms with Gasteiger partial charge in [0.25, 0.3) is 0 Å². The summed E-state index contributed by atoms with van der Waals surface area (Å²) < 4.78 is 5.48. The monoisotopic (exact) mass is 398 g/mol. The molecule has 5 nitrogen and oxygen atoms in total. The largest absolute Gasteiger partial charge is 0.379 e. The number of ether oxygens (including phenoxy) is 1. The standard InChI is InChI=1S/C14H30N4O.HI/c1-6-15-14(17-11(2)3)16-9-12(4)18-7-8-19-10-13(18)5;/h11-13H,6-10H2,1-5H3,(H2,15,16,17);1H. The molecule has 2 unspecified atom stereocenters. The highest BCUT2D eigenvalue weighted by Crippen LogP contribution is 2.10. The minimum Gasteiger partial charge on any atom is -0.379 e. The van der Waals surface area contributed by atoms with Gasteiger partial charge >= 0.3 is 0 Å². The Morgan fingerprint density at radius 2 is 2.10 bits per heavy atom. The summed E-state index contributed by atoms with van der Waals surface area (Å²) in [6, 6.07) is 1.33. The summed E-state index contributed by atoms with van der Waals surface area (Å²) in [6.07, 6.45) is 0. The molecule has 0 bridgehead atoms. The highest BCUT2D eigenvalue weighted by molar-refractivity contribution is 14.0. The lowest BCUT2D eigenvalue weighted by molar-refractivity contribution is -0.0165. The predicted octanol–water partition coefficient (Wildman–Crippen LogP) is 1.68. The van der Waals surface area contributed by atoms with Crippen LogP contribution in [0.4, 0.5) is 0 Å². The van der Waals surface area contributed by atoms with E-state index >= 15 is 0 Å². The highest BCUT2D eigenvalue weighted by Gasteiger charge is 2.23. The number of halogens is 1. The minimum absolute atomic E-state index is 0. The number of rotatable bonds is 5.